The molecule has 134 valence electrons. The molecule has 2 rings (SSSR count). The zero-order valence-corrected chi connectivity index (χ0v) is 15.6. The zero-order chi connectivity index (χ0) is 18.7. The van der Waals surface area contributed by atoms with Gasteiger partial charge in [-0.05, 0) is 51.1 Å². The van der Waals surface area contributed by atoms with E-state index in [1.807, 2.05) is 0 Å². The van der Waals surface area contributed by atoms with Crippen molar-refractivity contribution in [3.8, 4) is 0 Å². The maximum Gasteiger partial charge on any atom is 0.412 e. The standard InChI is InChI=1S/C17H19ClN2O4S/c1-17(2,3)24-16(21)19-12-9-10-14(18)15(11-12)20-25(22,23)13-7-5-4-6-8-13/h4-11,20H,1-3H3,(H,19,21). The minimum absolute atomic E-state index is 0.108. The number of sulfonamides is 1. The molecule has 1 amide bonds. The number of ether oxygens (including phenoxy) is 1. The Kier molecular flexibility index (Phi) is 5.59. The number of hydrogen-bond acceptors (Lipinski definition) is 4. The van der Waals surface area contributed by atoms with E-state index in [4.69, 9.17) is 16.3 Å². The van der Waals surface area contributed by atoms with Gasteiger partial charge in [0.25, 0.3) is 10.0 Å². The summed E-state index contributed by atoms with van der Waals surface area (Å²) in [5.41, 5.74) is -0.141. The first-order valence-corrected chi connectivity index (χ1v) is 9.30. The molecule has 0 bridgehead atoms. The topological polar surface area (TPSA) is 84.5 Å². The molecule has 0 aliphatic heterocycles. The zero-order valence-electron chi connectivity index (χ0n) is 14.0. The number of hydrogen-bond donors (Lipinski definition) is 2. The van der Waals surface area contributed by atoms with Gasteiger partial charge in [0, 0.05) is 5.69 Å². The van der Waals surface area contributed by atoms with Crippen LogP contribution in [0.5, 0.6) is 0 Å². The van der Waals surface area contributed by atoms with Crippen LogP contribution in [0.15, 0.2) is 53.4 Å². The number of amides is 1. The molecular formula is C17H19ClN2O4S. The first kappa shape index (κ1) is 19.1. The molecule has 0 fully saturated rings. The monoisotopic (exact) mass is 382 g/mol. The second-order valence-corrected chi connectivity index (χ2v) is 8.33. The van der Waals surface area contributed by atoms with Crippen LogP contribution in [0.4, 0.5) is 16.2 Å². The average molecular weight is 383 g/mol. The summed E-state index contributed by atoms with van der Waals surface area (Å²) in [5, 5.41) is 2.74. The number of carbonyl (C=O) groups is 1. The van der Waals surface area contributed by atoms with E-state index >= 15 is 0 Å². The van der Waals surface area contributed by atoms with Gasteiger partial charge >= 0.3 is 6.09 Å². The molecule has 0 aromatic heterocycles. The summed E-state index contributed by atoms with van der Waals surface area (Å²) < 4.78 is 32.4. The SMILES string of the molecule is CC(C)(C)OC(=O)Nc1ccc(Cl)c(NS(=O)(=O)c2ccccc2)c1. The van der Waals surface area contributed by atoms with Crippen molar-refractivity contribution in [1.29, 1.82) is 0 Å². The number of carbonyl (C=O) groups excluding carboxylic acids is 1. The molecule has 8 heteroatoms. The molecule has 0 saturated carbocycles. The molecule has 0 aliphatic carbocycles. The van der Waals surface area contributed by atoms with E-state index in [2.05, 4.69) is 10.0 Å². The second kappa shape index (κ2) is 7.33. The van der Waals surface area contributed by atoms with Crippen LogP contribution < -0.4 is 10.0 Å². The van der Waals surface area contributed by atoms with Gasteiger partial charge in [-0.1, -0.05) is 29.8 Å². The third-order valence-electron chi connectivity index (χ3n) is 2.91. The highest BCUT2D eigenvalue weighted by atomic mass is 35.5. The van der Waals surface area contributed by atoms with Crippen LogP contribution in [0.1, 0.15) is 20.8 Å². The molecule has 0 aliphatic rings. The summed E-state index contributed by atoms with van der Waals surface area (Å²) in [5.74, 6) is 0. The highest BCUT2D eigenvalue weighted by molar-refractivity contribution is 7.92. The predicted octanol–water partition coefficient (Wildman–Crippen LogP) is 4.49. The molecule has 6 nitrogen and oxygen atoms in total. The van der Waals surface area contributed by atoms with Crippen molar-refractivity contribution in [3.63, 3.8) is 0 Å². The quantitative estimate of drug-likeness (QED) is 0.815. The maximum absolute atomic E-state index is 12.4. The van der Waals surface area contributed by atoms with Gasteiger partial charge in [-0.2, -0.15) is 0 Å². The van der Waals surface area contributed by atoms with Crippen LogP contribution in [0, 0.1) is 0 Å². The van der Waals surface area contributed by atoms with Gasteiger partial charge in [0.1, 0.15) is 5.60 Å². The molecule has 0 unspecified atom stereocenters. The van der Waals surface area contributed by atoms with Gasteiger partial charge in [0.05, 0.1) is 15.6 Å². The minimum Gasteiger partial charge on any atom is -0.444 e. The van der Waals surface area contributed by atoms with E-state index in [9.17, 15) is 13.2 Å². The molecule has 2 N–H and O–H groups in total. The fourth-order valence-corrected chi connectivity index (χ4v) is 3.22. The molecule has 2 aromatic carbocycles. The highest BCUT2D eigenvalue weighted by Gasteiger charge is 2.18. The van der Waals surface area contributed by atoms with E-state index in [1.165, 1.54) is 24.3 Å². The Labute approximate surface area is 152 Å². The van der Waals surface area contributed by atoms with Gasteiger partial charge in [-0.3, -0.25) is 10.0 Å². The Morgan fingerprint density at radius 1 is 1.08 bits per heavy atom. The van der Waals surface area contributed by atoms with Crippen LogP contribution in [-0.4, -0.2) is 20.1 Å². The summed E-state index contributed by atoms with van der Waals surface area (Å²) in [6.45, 7) is 5.23. The van der Waals surface area contributed by atoms with Crippen molar-refractivity contribution in [3.05, 3.63) is 53.6 Å². The number of anilines is 2. The summed E-state index contributed by atoms with van der Waals surface area (Å²) >= 11 is 6.06. The molecule has 2 aromatic rings. The molecule has 0 radical (unpaired) electrons. The van der Waals surface area contributed by atoms with Crippen LogP contribution in [-0.2, 0) is 14.8 Å². The van der Waals surface area contributed by atoms with Crippen molar-refractivity contribution in [2.24, 2.45) is 0 Å². The van der Waals surface area contributed by atoms with Gasteiger partial charge in [0.2, 0.25) is 0 Å². The Morgan fingerprint density at radius 2 is 1.72 bits per heavy atom. The lowest BCUT2D eigenvalue weighted by Crippen LogP contribution is -2.27. The number of benzene rings is 2. The van der Waals surface area contributed by atoms with Crippen LogP contribution in [0.2, 0.25) is 5.02 Å². The number of nitrogens with one attached hydrogen (secondary N) is 2. The summed E-state index contributed by atoms with van der Waals surface area (Å²) in [6, 6.07) is 12.4. The summed E-state index contributed by atoms with van der Waals surface area (Å²) in [4.78, 5) is 11.9. The molecule has 0 heterocycles. The first-order valence-electron chi connectivity index (χ1n) is 7.44. The Morgan fingerprint density at radius 3 is 2.32 bits per heavy atom. The summed E-state index contributed by atoms with van der Waals surface area (Å²) in [6.07, 6.45) is -0.647. The molecule has 25 heavy (non-hydrogen) atoms. The lowest BCUT2D eigenvalue weighted by molar-refractivity contribution is 0.0636. The smallest absolute Gasteiger partial charge is 0.412 e. The van der Waals surface area contributed by atoms with Gasteiger partial charge in [-0.15, -0.1) is 0 Å². The minimum atomic E-state index is -3.79. The lowest BCUT2D eigenvalue weighted by atomic mass is 10.2. The predicted molar refractivity (Wildman–Crippen MR) is 98.6 cm³/mol. The molecular weight excluding hydrogens is 364 g/mol. The molecule has 0 spiro atoms. The second-order valence-electron chi connectivity index (χ2n) is 6.24. The third kappa shape index (κ3) is 5.65. The van der Waals surface area contributed by atoms with E-state index in [0.29, 0.717) is 5.69 Å². The maximum atomic E-state index is 12.4. The fourth-order valence-electron chi connectivity index (χ4n) is 1.91. The van der Waals surface area contributed by atoms with E-state index < -0.39 is 21.7 Å². The third-order valence-corrected chi connectivity index (χ3v) is 4.62. The van der Waals surface area contributed by atoms with Crippen LogP contribution in [0.3, 0.4) is 0 Å². The normalized spacial score (nSPS) is 11.7. The van der Waals surface area contributed by atoms with E-state index in [0.717, 1.165) is 0 Å². The Bertz CT molecular complexity index is 862. The van der Waals surface area contributed by atoms with Crippen molar-refractivity contribution < 1.29 is 17.9 Å². The molecule has 0 saturated heterocycles. The summed E-state index contributed by atoms with van der Waals surface area (Å²) in [7, 11) is -3.79. The highest BCUT2D eigenvalue weighted by Crippen LogP contribution is 2.28. The lowest BCUT2D eigenvalue weighted by Gasteiger charge is -2.20. The van der Waals surface area contributed by atoms with Crippen molar-refractivity contribution in [2.75, 3.05) is 10.0 Å². The van der Waals surface area contributed by atoms with Gasteiger partial charge in [0.15, 0.2) is 0 Å². The van der Waals surface area contributed by atoms with Crippen molar-refractivity contribution in [2.45, 2.75) is 31.3 Å². The van der Waals surface area contributed by atoms with Crippen molar-refractivity contribution in [1.82, 2.24) is 0 Å². The van der Waals surface area contributed by atoms with Gasteiger partial charge < -0.3 is 4.74 Å². The van der Waals surface area contributed by atoms with E-state index in [-0.39, 0.29) is 15.6 Å². The van der Waals surface area contributed by atoms with Gasteiger partial charge in [-0.25, -0.2) is 13.2 Å². The van der Waals surface area contributed by atoms with Crippen LogP contribution in [0.25, 0.3) is 0 Å². The first-order chi connectivity index (χ1) is 11.6. The van der Waals surface area contributed by atoms with E-state index in [1.54, 1.807) is 45.0 Å². The number of rotatable bonds is 4. The Hall–Kier alpha value is -2.25. The fraction of sp³-hybridized carbons (Fsp3) is 0.235. The molecule has 0 atom stereocenters. The number of halogens is 1. The van der Waals surface area contributed by atoms with Crippen LogP contribution >= 0.6 is 11.6 Å². The van der Waals surface area contributed by atoms with Crippen molar-refractivity contribution >= 4 is 39.1 Å². The largest absolute Gasteiger partial charge is 0.444 e. The average Bonchev–Trinajstić information content (AvgIpc) is 2.49. The Balaban J connectivity index is 2.21.